The van der Waals surface area contributed by atoms with Crippen LogP contribution >= 0.6 is 7.82 Å². The van der Waals surface area contributed by atoms with E-state index in [2.05, 4.69) is 43.5 Å². The lowest BCUT2D eigenvalue weighted by molar-refractivity contribution is -0.870. The van der Waals surface area contributed by atoms with Crippen LogP contribution in [-0.4, -0.2) is 68.5 Å². The first-order valence-corrected chi connectivity index (χ1v) is 28.3. The quantitative estimate of drug-likeness (QED) is 0.0272. The minimum atomic E-state index is -4.58. The Labute approximate surface area is 391 Å². The lowest BCUT2D eigenvalue weighted by Crippen LogP contribution is -2.45. The van der Waals surface area contributed by atoms with Gasteiger partial charge in [0.2, 0.25) is 5.91 Å². The molecule has 0 radical (unpaired) electrons. The number of hydrogen-bond donors (Lipinski definition) is 2. The number of aliphatic hydroxyl groups is 1. The molecule has 63 heavy (non-hydrogen) atoms. The van der Waals surface area contributed by atoms with Gasteiger partial charge in [0.05, 0.1) is 39.9 Å². The van der Waals surface area contributed by atoms with Crippen molar-refractivity contribution in [2.45, 2.75) is 264 Å². The Morgan fingerprint density at radius 2 is 0.921 bits per heavy atom. The Balaban J connectivity index is 3.98. The molecule has 0 rings (SSSR count). The molecule has 2 N–H and O–H groups in total. The molecule has 3 unspecified atom stereocenters. The summed E-state index contributed by atoms with van der Waals surface area (Å²) in [5, 5.41) is 13.8. The summed E-state index contributed by atoms with van der Waals surface area (Å²) < 4.78 is 23.2. The molecule has 0 aliphatic carbocycles. The first-order chi connectivity index (χ1) is 30.5. The van der Waals surface area contributed by atoms with Gasteiger partial charge in [-0.2, -0.15) is 0 Å². The van der Waals surface area contributed by atoms with Gasteiger partial charge in [0.25, 0.3) is 7.82 Å². The standard InChI is InChI=1S/C54H105N2O6P/c1-6-8-10-12-14-16-18-19-20-21-22-23-24-25-26-27-28-29-30-31-32-33-34-35-36-37-38-40-42-44-46-48-54(58)55-52(51-62-63(59,60)61-50-49-56(3,4)5)53(57)47-45-43-41-39-17-15-13-11-9-7-2/h18-19,21-22,45,47,52-53,57H,6-17,20,23-44,46,48-51H2,1-5H3,(H-,55,58,59,60)/b19-18-,22-21-,47-45+. The topological polar surface area (TPSA) is 108 Å². The van der Waals surface area contributed by atoms with E-state index in [4.69, 9.17) is 9.05 Å². The number of unbranched alkanes of at least 4 members (excludes halogenated alkanes) is 32. The summed E-state index contributed by atoms with van der Waals surface area (Å²) in [4.78, 5) is 25.3. The van der Waals surface area contributed by atoms with Gasteiger partial charge in [-0.1, -0.05) is 230 Å². The number of nitrogens with zero attached hydrogens (tertiary/aromatic N) is 1. The molecule has 8 nitrogen and oxygen atoms in total. The molecule has 0 aromatic heterocycles. The van der Waals surface area contributed by atoms with Gasteiger partial charge < -0.3 is 28.8 Å². The van der Waals surface area contributed by atoms with Crippen molar-refractivity contribution in [3.63, 3.8) is 0 Å². The summed E-state index contributed by atoms with van der Waals surface area (Å²) >= 11 is 0. The van der Waals surface area contributed by atoms with Crippen LogP contribution in [0.3, 0.4) is 0 Å². The summed E-state index contributed by atoms with van der Waals surface area (Å²) in [5.41, 5.74) is 0. The van der Waals surface area contributed by atoms with Gasteiger partial charge in [0, 0.05) is 6.42 Å². The summed E-state index contributed by atoms with van der Waals surface area (Å²) in [7, 11) is 1.27. The minimum absolute atomic E-state index is 0.0000801. The average Bonchev–Trinajstić information content (AvgIpc) is 3.24. The Morgan fingerprint density at radius 3 is 1.32 bits per heavy atom. The highest BCUT2D eigenvalue weighted by molar-refractivity contribution is 7.45. The van der Waals surface area contributed by atoms with Gasteiger partial charge in [-0.05, 0) is 51.4 Å². The normalized spacial score (nSPS) is 14.3. The molecule has 0 heterocycles. The molecule has 0 bridgehead atoms. The summed E-state index contributed by atoms with van der Waals surface area (Å²) in [5.74, 6) is -0.197. The van der Waals surface area contributed by atoms with E-state index in [1.165, 1.54) is 186 Å². The van der Waals surface area contributed by atoms with Crippen LogP contribution in [0.5, 0.6) is 0 Å². The van der Waals surface area contributed by atoms with Gasteiger partial charge in [0.1, 0.15) is 13.2 Å². The zero-order chi connectivity index (χ0) is 46.4. The minimum Gasteiger partial charge on any atom is -0.756 e. The fraction of sp³-hybridized carbons (Fsp3) is 0.870. The highest BCUT2D eigenvalue weighted by Crippen LogP contribution is 2.38. The monoisotopic (exact) mass is 909 g/mol. The van der Waals surface area contributed by atoms with E-state index in [1.807, 2.05) is 27.2 Å². The van der Waals surface area contributed by atoms with Crippen LogP contribution in [-0.2, 0) is 18.4 Å². The predicted octanol–water partition coefficient (Wildman–Crippen LogP) is 15.2. The predicted molar refractivity (Wildman–Crippen MR) is 270 cm³/mol. The number of allylic oxidation sites excluding steroid dienone is 5. The number of aliphatic hydroxyl groups excluding tert-OH is 1. The first-order valence-electron chi connectivity index (χ1n) is 26.9. The molecule has 372 valence electrons. The number of likely N-dealkylation sites (N-methyl/N-ethyl adjacent to an activating group) is 1. The van der Waals surface area contributed by atoms with Crippen LogP contribution in [0.15, 0.2) is 36.5 Å². The van der Waals surface area contributed by atoms with E-state index in [0.717, 1.165) is 44.9 Å². The van der Waals surface area contributed by atoms with Gasteiger partial charge in [-0.3, -0.25) is 9.36 Å². The highest BCUT2D eigenvalue weighted by atomic mass is 31.2. The lowest BCUT2D eigenvalue weighted by Gasteiger charge is -2.29. The van der Waals surface area contributed by atoms with Crippen molar-refractivity contribution < 1.29 is 32.9 Å². The molecule has 0 aliphatic heterocycles. The summed E-state index contributed by atoms with van der Waals surface area (Å²) in [6, 6.07) is -0.882. The number of amides is 1. The van der Waals surface area contributed by atoms with Crippen molar-refractivity contribution in [3.05, 3.63) is 36.5 Å². The Hall–Kier alpha value is -1.28. The summed E-state index contributed by atoms with van der Waals surface area (Å²) in [6.07, 6.45) is 58.0. The first kappa shape index (κ1) is 61.7. The molecule has 0 aromatic rings. The van der Waals surface area contributed by atoms with Crippen LogP contribution in [0.25, 0.3) is 0 Å². The van der Waals surface area contributed by atoms with Crippen LogP contribution in [0.1, 0.15) is 251 Å². The maximum Gasteiger partial charge on any atom is 0.268 e. The van der Waals surface area contributed by atoms with Crippen molar-refractivity contribution in [1.29, 1.82) is 0 Å². The second-order valence-electron chi connectivity index (χ2n) is 19.6. The number of rotatable bonds is 49. The Morgan fingerprint density at radius 1 is 0.556 bits per heavy atom. The molecule has 0 aromatic carbocycles. The Kier molecular flexibility index (Phi) is 44.9. The van der Waals surface area contributed by atoms with Crippen LogP contribution in [0.4, 0.5) is 0 Å². The molecule has 9 heteroatoms. The molecule has 0 saturated carbocycles. The molecule has 0 saturated heterocycles. The zero-order valence-corrected chi connectivity index (χ0v) is 43.2. The van der Waals surface area contributed by atoms with Crippen LogP contribution in [0.2, 0.25) is 0 Å². The number of phosphoric acid groups is 1. The van der Waals surface area contributed by atoms with Crippen molar-refractivity contribution in [2.24, 2.45) is 0 Å². The number of hydrogen-bond acceptors (Lipinski definition) is 6. The number of nitrogens with one attached hydrogen (secondary N) is 1. The van der Waals surface area contributed by atoms with E-state index in [0.29, 0.717) is 17.4 Å². The molecule has 3 atom stereocenters. The largest absolute Gasteiger partial charge is 0.756 e. The maximum absolute atomic E-state index is 12.9. The third kappa shape index (κ3) is 48.5. The number of quaternary nitrogens is 1. The van der Waals surface area contributed by atoms with Gasteiger partial charge in [-0.25, -0.2) is 0 Å². The SMILES string of the molecule is CCCCCCC/C=C\C/C=C\CCCCCCCCCCCCCCCCCCCCCC(=O)NC(COP(=O)([O-])OCC[N+](C)(C)C)C(O)/C=C/CCCCCCCCCC. The van der Waals surface area contributed by atoms with Crippen molar-refractivity contribution in [2.75, 3.05) is 40.9 Å². The third-order valence-electron chi connectivity index (χ3n) is 12.1. The second kappa shape index (κ2) is 45.9. The van der Waals surface area contributed by atoms with Crippen LogP contribution in [0, 0.1) is 0 Å². The molecular weight excluding hydrogens is 804 g/mol. The number of carbonyl (C=O) groups is 1. The van der Waals surface area contributed by atoms with Gasteiger partial charge in [-0.15, -0.1) is 0 Å². The average molecular weight is 909 g/mol. The van der Waals surface area contributed by atoms with E-state index < -0.39 is 20.0 Å². The van der Waals surface area contributed by atoms with Crippen LogP contribution < -0.4 is 10.2 Å². The number of carbonyl (C=O) groups excluding carboxylic acids is 1. The van der Waals surface area contributed by atoms with E-state index in [9.17, 15) is 19.4 Å². The second-order valence-corrected chi connectivity index (χ2v) is 21.0. The third-order valence-corrected chi connectivity index (χ3v) is 13.1. The van der Waals surface area contributed by atoms with Gasteiger partial charge in [0.15, 0.2) is 0 Å². The number of phosphoric ester groups is 1. The van der Waals surface area contributed by atoms with Crippen molar-refractivity contribution in [3.8, 4) is 0 Å². The molecule has 0 aliphatic rings. The molecule has 1 amide bonds. The van der Waals surface area contributed by atoms with Crippen molar-refractivity contribution in [1.82, 2.24) is 5.32 Å². The van der Waals surface area contributed by atoms with Gasteiger partial charge >= 0.3 is 0 Å². The smallest absolute Gasteiger partial charge is 0.268 e. The van der Waals surface area contributed by atoms with E-state index in [-0.39, 0.29) is 19.1 Å². The maximum atomic E-state index is 12.9. The van der Waals surface area contributed by atoms with E-state index in [1.54, 1.807) is 6.08 Å². The lowest BCUT2D eigenvalue weighted by atomic mass is 10.0. The Bertz CT molecular complexity index is 1120. The molecular formula is C54H105N2O6P. The molecule has 0 fully saturated rings. The molecule has 0 spiro atoms. The highest BCUT2D eigenvalue weighted by Gasteiger charge is 2.23. The summed E-state index contributed by atoms with van der Waals surface area (Å²) in [6.45, 7) is 4.63. The van der Waals surface area contributed by atoms with Crippen molar-refractivity contribution >= 4 is 13.7 Å². The van der Waals surface area contributed by atoms with E-state index >= 15 is 0 Å². The fourth-order valence-electron chi connectivity index (χ4n) is 7.83. The fourth-order valence-corrected chi connectivity index (χ4v) is 8.55. The zero-order valence-electron chi connectivity index (χ0n) is 42.3.